The third-order valence-electron chi connectivity index (χ3n) is 3.50. The minimum Gasteiger partial charge on any atom is -0.369 e. The van der Waals surface area contributed by atoms with Crippen LogP contribution in [-0.4, -0.2) is 17.7 Å². The molecule has 0 radical (unpaired) electrons. The van der Waals surface area contributed by atoms with Crippen LogP contribution < -0.4 is 16.4 Å². The van der Waals surface area contributed by atoms with Gasteiger partial charge in [-0.3, -0.25) is 14.4 Å². The van der Waals surface area contributed by atoms with Gasteiger partial charge in [-0.05, 0) is 41.0 Å². The Morgan fingerprint density at radius 1 is 0.885 bits per heavy atom. The van der Waals surface area contributed by atoms with E-state index in [9.17, 15) is 14.4 Å². The molecule has 134 valence electrons. The highest BCUT2D eigenvalue weighted by atomic mass is 16.2. The molecule has 0 fully saturated rings. The molecule has 6 nitrogen and oxygen atoms in total. The van der Waals surface area contributed by atoms with Crippen LogP contribution in [0.2, 0.25) is 0 Å². The van der Waals surface area contributed by atoms with Crippen molar-refractivity contribution < 1.29 is 14.4 Å². The van der Waals surface area contributed by atoms with Gasteiger partial charge < -0.3 is 16.4 Å². The molecular formula is C20H21N3O3. The summed E-state index contributed by atoms with van der Waals surface area (Å²) in [6.07, 6.45) is 1.81. The highest BCUT2D eigenvalue weighted by Crippen LogP contribution is 2.28. The van der Waals surface area contributed by atoms with Gasteiger partial charge in [0.05, 0.1) is 0 Å². The lowest BCUT2D eigenvalue weighted by Gasteiger charge is -2.12. The summed E-state index contributed by atoms with van der Waals surface area (Å²) in [5, 5.41) is 5.48. The Bertz CT molecular complexity index is 811. The standard InChI is InChI=1S/C20H21N3O3/c1-13(24)22-17-7-3-5-15(11-17)19(9-10-20(21)26)16-6-4-8-18(12-16)23-14(2)25/h3-9,11-12H,10H2,1-2H3,(H2,21,26)(H,22,24)(H,23,25). The maximum atomic E-state index is 11.3. The number of primary amides is 1. The van der Waals surface area contributed by atoms with Crippen LogP contribution in [0.25, 0.3) is 5.57 Å². The molecule has 6 heteroatoms. The van der Waals surface area contributed by atoms with Crippen molar-refractivity contribution in [3.63, 3.8) is 0 Å². The predicted octanol–water partition coefficient (Wildman–Crippen LogP) is 2.91. The van der Waals surface area contributed by atoms with Gasteiger partial charge in [-0.25, -0.2) is 0 Å². The van der Waals surface area contributed by atoms with E-state index in [0.717, 1.165) is 16.7 Å². The maximum Gasteiger partial charge on any atom is 0.221 e. The summed E-state index contributed by atoms with van der Waals surface area (Å²) in [6.45, 7) is 2.88. The van der Waals surface area contributed by atoms with Crippen LogP contribution in [0.15, 0.2) is 54.6 Å². The Balaban J connectivity index is 2.48. The van der Waals surface area contributed by atoms with Crippen molar-refractivity contribution in [2.75, 3.05) is 10.6 Å². The normalized spacial score (nSPS) is 9.92. The van der Waals surface area contributed by atoms with Gasteiger partial charge in [-0.1, -0.05) is 30.3 Å². The van der Waals surface area contributed by atoms with Gasteiger partial charge in [0.1, 0.15) is 0 Å². The number of rotatable bonds is 6. The number of carbonyl (C=O) groups excluding carboxylic acids is 3. The smallest absolute Gasteiger partial charge is 0.221 e. The fourth-order valence-corrected chi connectivity index (χ4v) is 2.54. The molecule has 0 aliphatic rings. The van der Waals surface area contributed by atoms with Crippen molar-refractivity contribution in [2.24, 2.45) is 5.73 Å². The molecule has 2 aromatic rings. The fourth-order valence-electron chi connectivity index (χ4n) is 2.54. The second-order valence-electron chi connectivity index (χ2n) is 5.81. The SMILES string of the molecule is CC(=O)Nc1cccc(C(=CCC(N)=O)c2cccc(NC(C)=O)c2)c1. The van der Waals surface area contributed by atoms with Gasteiger partial charge in [0, 0.05) is 31.6 Å². The maximum absolute atomic E-state index is 11.3. The van der Waals surface area contributed by atoms with E-state index < -0.39 is 5.91 Å². The largest absolute Gasteiger partial charge is 0.369 e. The number of anilines is 2. The first kappa shape index (κ1) is 18.9. The number of hydrogen-bond donors (Lipinski definition) is 3. The third-order valence-corrected chi connectivity index (χ3v) is 3.50. The Kier molecular flexibility index (Phi) is 6.27. The van der Waals surface area contributed by atoms with E-state index in [4.69, 9.17) is 5.73 Å². The summed E-state index contributed by atoms with van der Waals surface area (Å²) in [5.74, 6) is -0.784. The van der Waals surface area contributed by atoms with Crippen LogP contribution in [0.3, 0.4) is 0 Å². The zero-order chi connectivity index (χ0) is 19.1. The van der Waals surface area contributed by atoms with E-state index in [1.54, 1.807) is 18.2 Å². The molecule has 0 bridgehead atoms. The van der Waals surface area contributed by atoms with Crippen molar-refractivity contribution in [1.29, 1.82) is 0 Å². The lowest BCUT2D eigenvalue weighted by Crippen LogP contribution is -2.09. The van der Waals surface area contributed by atoms with Gasteiger partial charge >= 0.3 is 0 Å². The lowest BCUT2D eigenvalue weighted by molar-refractivity contribution is -0.117. The average molecular weight is 351 g/mol. The minimum absolute atomic E-state index is 0.0735. The molecule has 0 atom stereocenters. The van der Waals surface area contributed by atoms with E-state index in [-0.39, 0.29) is 18.2 Å². The van der Waals surface area contributed by atoms with Crippen LogP contribution in [0.5, 0.6) is 0 Å². The number of nitrogens with one attached hydrogen (secondary N) is 2. The summed E-state index contributed by atoms with van der Waals surface area (Å²) in [6, 6.07) is 14.6. The molecule has 0 saturated heterocycles. The van der Waals surface area contributed by atoms with E-state index in [1.807, 2.05) is 36.4 Å². The highest BCUT2D eigenvalue weighted by Gasteiger charge is 2.09. The number of benzene rings is 2. The minimum atomic E-state index is -0.446. The van der Waals surface area contributed by atoms with Crippen LogP contribution in [-0.2, 0) is 14.4 Å². The lowest BCUT2D eigenvalue weighted by atomic mass is 9.96. The second-order valence-corrected chi connectivity index (χ2v) is 5.81. The van der Waals surface area contributed by atoms with Crippen LogP contribution in [0.4, 0.5) is 11.4 Å². The molecule has 3 amide bonds. The Morgan fingerprint density at radius 3 is 1.73 bits per heavy atom. The molecule has 2 rings (SSSR count). The van der Waals surface area contributed by atoms with Crippen molar-refractivity contribution in [1.82, 2.24) is 0 Å². The molecule has 0 aromatic heterocycles. The first-order valence-corrected chi connectivity index (χ1v) is 8.09. The molecule has 4 N–H and O–H groups in total. The van der Waals surface area contributed by atoms with Crippen molar-refractivity contribution in [3.05, 3.63) is 65.7 Å². The molecule has 0 saturated carbocycles. The zero-order valence-electron chi connectivity index (χ0n) is 14.7. The first-order valence-electron chi connectivity index (χ1n) is 8.09. The molecule has 0 spiro atoms. The Labute approximate surface area is 152 Å². The Hall–Kier alpha value is -3.41. The molecule has 2 aromatic carbocycles. The zero-order valence-corrected chi connectivity index (χ0v) is 14.7. The third kappa shape index (κ3) is 5.59. The van der Waals surface area contributed by atoms with E-state index in [2.05, 4.69) is 10.6 Å². The van der Waals surface area contributed by atoms with Crippen molar-refractivity contribution >= 4 is 34.7 Å². The van der Waals surface area contributed by atoms with Gasteiger partial charge in [-0.2, -0.15) is 0 Å². The van der Waals surface area contributed by atoms with Crippen molar-refractivity contribution in [3.8, 4) is 0 Å². The van der Waals surface area contributed by atoms with Crippen LogP contribution in [0.1, 0.15) is 31.4 Å². The quantitative estimate of drug-likeness (QED) is 0.746. The molecule has 0 unspecified atom stereocenters. The molecule has 0 heterocycles. The van der Waals surface area contributed by atoms with E-state index in [0.29, 0.717) is 11.4 Å². The number of hydrogen-bond acceptors (Lipinski definition) is 3. The summed E-state index contributed by atoms with van der Waals surface area (Å²) in [4.78, 5) is 33.9. The highest BCUT2D eigenvalue weighted by molar-refractivity contribution is 5.92. The topological polar surface area (TPSA) is 101 Å². The first-order chi connectivity index (χ1) is 12.3. The van der Waals surface area contributed by atoms with Crippen LogP contribution in [0, 0.1) is 0 Å². The summed E-state index contributed by atoms with van der Waals surface area (Å²) in [5.41, 5.74) is 9.01. The average Bonchev–Trinajstić information content (AvgIpc) is 2.54. The van der Waals surface area contributed by atoms with Gasteiger partial charge in [0.2, 0.25) is 17.7 Å². The van der Waals surface area contributed by atoms with Gasteiger partial charge in [-0.15, -0.1) is 0 Å². The summed E-state index contributed by atoms with van der Waals surface area (Å²) >= 11 is 0. The predicted molar refractivity (Wildman–Crippen MR) is 102 cm³/mol. The van der Waals surface area contributed by atoms with Gasteiger partial charge in [0.15, 0.2) is 0 Å². The number of amides is 3. The molecule has 0 aliphatic carbocycles. The van der Waals surface area contributed by atoms with E-state index in [1.165, 1.54) is 13.8 Å². The Morgan fingerprint density at radius 2 is 1.35 bits per heavy atom. The van der Waals surface area contributed by atoms with Crippen LogP contribution >= 0.6 is 0 Å². The summed E-state index contributed by atoms with van der Waals surface area (Å²) < 4.78 is 0. The molecular weight excluding hydrogens is 330 g/mol. The number of nitrogens with two attached hydrogens (primary N) is 1. The fraction of sp³-hybridized carbons (Fsp3) is 0.150. The number of carbonyl (C=O) groups is 3. The molecule has 26 heavy (non-hydrogen) atoms. The van der Waals surface area contributed by atoms with Crippen molar-refractivity contribution in [2.45, 2.75) is 20.3 Å². The van der Waals surface area contributed by atoms with E-state index >= 15 is 0 Å². The molecule has 0 aliphatic heterocycles. The monoisotopic (exact) mass is 351 g/mol. The summed E-state index contributed by atoms with van der Waals surface area (Å²) in [7, 11) is 0. The second kappa shape index (κ2) is 8.62. The van der Waals surface area contributed by atoms with Gasteiger partial charge in [0.25, 0.3) is 0 Å².